The van der Waals surface area contributed by atoms with E-state index in [1.54, 1.807) is 36.4 Å². The van der Waals surface area contributed by atoms with E-state index in [9.17, 15) is 19.8 Å². The molecule has 9 heteroatoms. The molecule has 0 fully saturated rings. The van der Waals surface area contributed by atoms with Gasteiger partial charge in [-0.15, -0.1) is 0 Å². The molecule has 0 aliphatic carbocycles. The van der Waals surface area contributed by atoms with Crippen molar-refractivity contribution in [3.8, 4) is 11.5 Å². The van der Waals surface area contributed by atoms with Crippen LogP contribution in [0.25, 0.3) is 21.8 Å². The first kappa shape index (κ1) is 21.8. The number of fused-ring (bicyclic) bond motifs is 2. The Hall–Kier alpha value is -3.54. The molecule has 0 amide bonds. The van der Waals surface area contributed by atoms with Gasteiger partial charge in [0.25, 0.3) is 0 Å². The van der Waals surface area contributed by atoms with Gasteiger partial charge >= 0.3 is 11.9 Å². The number of para-hydroxylation sites is 2. The molecule has 0 saturated carbocycles. The third-order valence-corrected chi connectivity index (χ3v) is 3.84. The maximum absolute atomic E-state index is 10.6. The minimum atomic E-state index is -1.10. The summed E-state index contributed by atoms with van der Waals surface area (Å²) in [6, 6.07) is 15.9. The quantitative estimate of drug-likeness (QED) is 0.318. The molecule has 0 unspecified atom stereocenters. The van der Waals surface area contributed by atoms with Gasteiger partial charge in [-0.25, -0.2) is 19.6 Å². The van der Waals surface area contributed by atoms with E-state index in [0.717, 1.165) is 10.8 Å². The fourth-order valence-electron chi connectivity index (χ4n) is 2.50. The molecule has 4 rings (SSSR count). The Morgan fingerprint density at radius 2 is 1.00 bits per heavy atom. The van der Waals surface area contributed by atoms with Gasteiger partial charge in [0.05, 0.1) is 0 Å². The standard InChI is InChI=1S/2C10H7NO3.Pd/c2*12-8-3-1-2-6-4-5-7(10(13)14)11-9(6)8;/h2*1-5,12H,(H,13,14);. The van der Waals surface area contributed by atoms with Crippen LogP contribution in [0.2, 0.25) is 0 Å². The molecule has 0 aliphatic heterocycles. The van der Waals surface area contributed by atoms with Gasteiger partial charge in [0.1, 0.15) is 33.9 Å². The van der Waals surface area contributed by atoms with E-state index in [-0.39, 0.29) is 43.3 Å². The second-order valence-corrected chi connectivity index (χ2v) is 5.70. The predicted molar refractivity (Wildman–Crippen MR) is 101 cm³/mol. The van der Waals surface area contributed by atoms with E-state index < -0.39 is 11.9 Å². The third kappa shape index (κ3) is 4.85. The molecule has 0 bridgehead atoms. The zero-order chi connectivity index (χ0) is 20.3. The van der Waals surface area contributed by atoms with Crippen LogP contribution >= 0.6 is 0 Å². The van der Waals surface area contributed by atoms with Crippen LogP contribution in [0, 0.1) is 0 Å². The Labute approximate surface area is 177 Å². The molecule has 0 atom stereocenters. The van der Waals surface area contributed by atoms with E-state index >= 15 is 0 Å². The van der Waals surface area contributed by atoms with Crippen LogP contribution in [0.4, 0.5) is 0 Å². The Morgan fingerprint density at radius 1 is 0.621 bits per heavy atom. The molecule has 0 aliphatic rings. The van der Waals surface area contributed by atoms with Crippen molar-refractivity contribution in [2.75, 3.05) is 0 Å². The molecule has 0 saturated heterocycles. The summed E-state index contributed by atoms with van der Waals surface area (Å²) in [5, 5.41) is 37.7. The minimum absolute atomic E-state index is 0. The molecule has 8 nitrogen and oxygen atoms in total. The van der Waals surface area contributed by atoms with Gasteiger partial charge in [-0.2, -0.15) is 0 Å². The maximum Gasteiger partial charge on any atom is 0.354 e. The number of carboxylic acid groups (broad SMARTS) is 2. The molecular formula is C20H14N2O6Pd. The number of aromatic nitrogens is 2. The summed E-state index contributed by atoms with van der Waals surface area (Å²) in [5.74, 6) is -2.22. The number of benzene rings is 2. The smallest absolute Gasteiger partial charge is 0.354 e. The van der Waals surface area contributed by atoms with Crippen molar-refractivity contribution in [3.05, 3.63) is 72.1 Å². The van der Waals surface area contributed by atoms with Gasteiger partial charge in [-0.3, -0.25) is 0 Å². The predicted octanol–water partition coefficient (Wildman–Crippen LogP) is 3.27. The van der Waals surface area contributed by atoms with Crippen molar-refractivity contribution < 1.29 is 50.4 Å². The number of nitrogens with zero attached hydrogens (tertiary/aromatic N) is 2. The van der Waals surface area contributed by atoms with E-state index in [1.165, 1.54) is 24.3 Å². The number of hydrogen-bond acceptors (Lipinski definition) is 6. The first-order chi connectivity index (χ1) is 13.4. The Bertz CT molecular complexity index is 1120. The van der Waals surface area contributed by atoms with Crippen LogP contribution in [0.3, 0.4) is 0 Å². The normalized spacial score (nSPS) is 9.93. The summed E-state index contributed by atoms with van der Waals surface area (Å²) in [7, 11) is 0. The second kappa shape index (κ2) is 9.10. The number of rotatable bonds is 2. The number of aromatic carboxylic acids is 2. The number of hydrogen-bond donors (Lipinski definition) is 4. The molecule has 2 aromatic carbocycles. The summed E-state index contributed by atoms with van der Waals surface area (Å²) in [5.41, 5.74) is 0.484. The summed E-state index contributed by atoms with van der Waals surface area (Å²) >= 11 is 0. The average Bonchev–Trinajstić information content (AvgIpc) is 2.68. The topological polar surface area (TPSA) is 141 Å². The summed E-state index contributed by atoms with van der Waals surface area (Å²) in [6.45, 7) is 0. The van der Waals surface area contributed by atoms with Crippen molar-refractivity contribution >= 4 is 33.7 Å². The van der Waals surface area contributed by atoms with Gasteiger partial charge < -0.3 is 20.4 Å². The van der Waals surface area contributed by atoms with E-state index in [0.29, 0.717) is 11.0 Å². The van der Waals surface area contributed by atoms with Crippen LogP contribution in [-0.2, 0) is 20.4 Å². The van der Waals surface area contributed by atoms with E-state index in [1.807, 2.05) is 0 Å². The zero-order valence-corrected chi connectivity index (χ0v) is 16.1. The number of phenolic OH excluding ortho intramolecular Hbond substituents is 2. The molecule has 2 aromatic heterocycles. The van der Waals surface area contributed by atoms with Crippen molar-refractivity contribution in [2.45, 2.75) is 0 Å². The third-order valence-electron chi connectivity index (χ3n) is 3.84. The first-order valence-corrected chi connectivity index (χ1v) is 8.01. The number of phenols is 2. The number of carbonyl (C=O) groups is 2. The molecular weight excluding hydrogens is 471 g/mol. The van der Waals surface area contributed by atoms with E-state index in [2.05, 4.69) is 9.97 Å². The SMILES string of the molecule is O=C(O)c1ccc2cccc(O)c2n1.O=C(O)c1ccc2cccc(O)c2n1.[Pd]. The molecule has 4 N–H and O–H groups in total. The molecule has 0 spiro atoms. The van der Waals surface area contributed by atoms with Gasteiger partial charge in [0.2, 0.25) is 0 Å². The van der Waals surface area contributed by atoms with Gasteiger partial charge in [-0.1, -0.05) is 36.4 Å². The van der Waals surface area contributed by atoms with Crippen LogP contribution in [-0.4, -0.2) is 42.3 Å². The van der Waals surface area contributed by atoms with Gasteiger partial charge in [0.15, 0.2) is 0 Å². The minimum Gasteiger partial charge on any atom is -0.506 e. The van der Waals surface area contributed by atoms with E-state index in [4.69, 9.17) is 10.2 Å². The first-order valence-electron chi connectivity index (χ1n) is 8.01. The van der Waals surface area contributed by atoms with Crippen molar-refractivity contribution in [1.82, 2.24) is 9.97 Å². The monoisotopic (exact) mass is 484 g/mol. The number of pyridine rings is 2. The Kier molecular flexibility index (Phi) is 6.83. The van der Waals surface area contributed by atoms with Crippen molar-refractivity contribution in [1.29, 1.82) is 0 Å². The molecule has 4 aromatic rings. The molecule has 150 valence electrons. The van der Waals surface area contributed by atoms with Crippen LogP contribution < -0.4 is 0 Å². The second-order valence-electron chi connectivity index (χ2n) is 5.70. The number of carboxylic acids is 2. The van der Waals surface area contributed by atoms with Gasteiger partial charge in [-0.05, 0) is 24.3 Å². The summed E-state index contributed by atoms with van der Waals surface area (Å²) < 4.78 is 0. The average molecular weight is 485 g/mol. The van der Waals surface area contributed by atoms with Gasteiger partial charge in [0, 0.05) is 31.2 Å². The Balaban J connectivity index is 0.000000200. The summed E-state index contributed by atoms with van der Waals surface area (Å²) in [6.07, 6.45) is 0. The summed E-state index contributed by atoms with van der Waals surface area (Å²) in [4.78, 5) is 28.9. The van der Waals surface area contributed by atoms with Crippen molar-refractivity contribution in [3.63, 3.8) is 0 Å². The van der Waals surface area contributed by atoms with Crippen LogP contribution in [0.15, 0.2) is 60.7 Å². The Morgan fingerprint density at radius 3 is 1.34 bits per heavy atom. The maximum atomic E-state index is 10.6. The molecule has 2 heterocycles. The molecule has 29 heavy (non-hydrogen) atoms. The van der Waals surface area contributed by atoms with Crippen LogP contribution in [0.1, 0.15) is 21.0 Å². The largest absolute Gasteiger partial charge is 0.506 e. The van der Waals surface area contributed by atoms with Crippen molar-refractivity contribution in [2.24, 2.45) is 0 Å². The fraction of sp³-hybridized carbons (Fsp3) is 0. The fourth-order valence-corrected chi connectivity index (χ4v) is 2.50. The molecule has 0 radical (unpaired) electrons. The zero-order valence-electron chi connectivity index (χ0n) is 14.6. The number of aromatic hydroxyl groups is 2. The van der Waals surface area contributed by atoms with Crippen LogP contribution in [0.5, 0.6) is 11.5 Å².